The minimum absolute atomic E-state index is 0.0413. The lowest BCUT2D eigenvalue weighted by molar-refractivity contribution is 0.218. The fourth-order valence-electron chi connectivity index (χ4n) is 3.40. The monoisotopic (exact) mass is 291 g/mol. The van der Waals surface area contributed by atoms with Crippen molar-refractivity contribution < 1.29 is 4.74 Å². The van der Waals surface area contributed by atoms with Crippen molar-refractivity contribution in [3.8, 4) is 5.75 Å². The van der Waals surface area contributed by atoms with E-state index in [4.69, 9.17) is 4.74 Å². The van der Waals surface area contributed by atoms with Gasteiger partial charge in [-0.3, -0.25) is 4.79 Å². The highest BCUT2D eigenvalue weighted by atomic mass is 16.5. The van der Waals surface area contributed by atoms with E-state index in [9.17, 15) is 4.79 Å². The third-order valence-electron chi connectivity index (χ3n) is 4.57. The molecule has 2 atom stereocenters. The van der Waals surface area contributed by atoms with Gasteiger partial charge in [0, 0.05) is 18.4 Å². The maximum Gasteiger partial charge on any atom is 0.258 e. The number of ether oxygens (including phenoxy) is 1. The summed E-state index contributed by atoms with van der Waals surface area (Å²) in [6, 6.07) is 18.0. The van der Waals surface area contributed by atoms with Gasteiger partial charge in [-0.1, -0.05) is 49.4 Å². The molecule has 0 spiro atoms. The second-order valence-corrected chi connectivity index (χ2v) is 5.86. The fraction of sp³-hybridized carbons (Fsp3) is 0.211. The van der Waals surface area contributed by atoms with Gasteiger partial charge in [-0.15, -0.1) is 0 Å². The van der Waals surface area contributed by atoms with E-state index in [-0.39, 0.29) is 17.6 Å². The lowest BCUT2D eigenvalue weighted by Gasteiger charge is -2.15. The van der Waals surface area contributed by atoms with Crippen molar-refractivity contribution in [1.29, 1.82) is 0 Å². The lowest BCUT2D eigenvalue weighted by Crippen LogP contribution is -2.21. The number of nitrogens with zero attached hydrogens (tertiary/aromatic N) is 1. The molecule has 1 aliphatic rings. The number of para-hydroxylation sites is 1. The maximum atomic E-state index is 12.7. The van der Waals surface area contributed by atoms with Gasteiger partial charge in [-0.05, 0) is 17.7 Å². The molecular weight excluding hydrogens is 274 g/mol. The Balaban J connectivity index is 1.97. The van der Waals surface area contributed by atoms with Crippen LogP contribution in [0.25, 0.3) is 10.9 Å². The van der Waals surface area contributed by atoms with Crippen molar-refractivity contribution in [2.45, 2.75) is 18.9 Å². The second kappa shape index (κ2) is 4.73. The number of aromatic nitrogens is 1. The van der Waals surface area contributed by atoms with Crippen LogP contribution in [0.3, 0.4) is 0 Å². The summed E-state index contributed by atoms with van der Waals surface area (Å²) in [4.78, 5) is 12.7. The Morgan fingerprint density at radius 3 is 2.45 bits per heavy atom. The first kappa shape index (κ1) is 13.1. The molecule has 0 radical (unpaired) electrons. The van der Waals surface area contributed by atoms with Gasteiger partial charge in [0.25, 0.3) is 5.56 Å². The van der Waals surface area contributed by atoms with Crippen molar-refractivity contribution >= 4 is 10.9 Å². The summed E-state index contributed by atoms with van der Waals surface area (Å²) >= 11 is 0. The Bertz CT molecular complexity index is 912. The standard InChI is InChI=1S/C19H17NO2/c1-12-16-18(22-17(12)13-8-4-3-5-9-13)14-10-6-7-11-15(14)20(2)19(16)21/h3-12,17H,1-2H3. The first-order valence-corrected chi connectivity index (χ1v) is 7.51. The normalized spacial score (nSPS) is 19.9. The Morgan fingerprint density at radius 1 is 1.00 bits per heavy atom. The van der Waals surface area contributed by atoms with Crippen molar-refractivity contribution in [2.24, 2.45) is 7.05 Å². The van der Waals surface area contributed by atoms with Crippen LogP contribution in [0.5, 0.6) is 5.75 Å². The predicted octanol–water partition coefficient (Wildman–Crippen LogP) is 3.78. The molecule has 0 saturated carbocycles. The molecule has 2 heterocycles. The Kier molecular flexibility index (Phi) is 2.83. The number of benzene rings is 2. The van der Waals surface area contributed by atoms with Crippen LogP contribution in [-0.2, 0) is 7.05 Å². The zero-order chi connectivity index (χ0) is 15.3. The molecule has 0 fully saturated rings. The highest BCUT2D eigenvalue weighted by Crippen LogP contribution is 2.46. The number of fused-ring (bicyclic) bond motifs is 3. The van der Waals surface area contributed by atoms with Crippen molar-refractivity contribution in [1.82, 2.24) is 4.57 Å². The average molecular weight is 291 g/mol. The predicted molar refractivity (Wildman–Crippen MR) is 87.4 cm³/mol. The molecule has 0 aliphatic carbocycles. The van der Waals surface area contributed by atoms with Crippen LogP contribution in [0, 0.1) is 0 Å². The van der Waals surface area contributed by atoms with Crippen molar-refractivity contribution in [3.63, 3.8) is 0 Å². The van der Waals surface area contributed by atoms with E-state index in [2.05, 4.69) is 19.1 Å². The van der Waals surface area contributed by atoms with E-state index in [1.165, 1.54) is 0 Å². The Labute approximate surface area is 128 Å². The topological polar surface area (TPSA) is 31.2 Å². The van der Waals surface area contributed by atoms with Crippen molar-refractivity contribution in [3.05, 3.63) is 76.1 Å². The summed E-state index contributed by atoms with van der Waals surface area (Å²) < 4.78 is 7.96. The molecular formula is C19H17NO2. The number of hydrogen-bond donors (Lipinski definition) is 0. The van der Waals surface area contributed by atoms with Crippen LogP contribution in [0.2, 0.25) is 0 Å². The molecule has 3 aromatic rings. The van der Waals surface area contributed by atoms with Gasteiger partial charge in [0.1, 0.15) is 11.9 Å². The molecule has 1 aliphatic heterocycles. The Hall–Kier alpha value is -2.55. The third kappa shape index (κ3) is 1.72. The summed E-state index contributed by atoms with van der Waals surface area (Å²) in [7, 11) is 1.83. The zero-order valence-electron chi connectivity index (χ0n) is 12.6. The summed E-state index contributed by atoms with van der Waals surface area (Å²) in [5, 5.41) is 1.00. The van der Waals surface area contributed by atoms with Crippen LogP contribution >= 0.6 is 0 Å². The number of hydrogen-bond acceptors (Lipinski definition) is 2. The van der Waals surface area contributed by atoms with Gasteiger partial charge < -0.3 is 9.30 Å². The van der Waals surface area contributed by atoms with Crippen molar-refractivity contribution in [2.75, 3.05) is 0 Å². The van der Waals surface area contributed by atoms with Gasteiger partial charge in [0.15, 0.2) is 0 Å². The minimum Gasteiger partial charge on any atom is -0.484 e. The van der Waals surface area contributed by atoms with Gasteiger partial charge in [0.2, 0.25) is 0 Å². The first-order chi connectivity index (χ1) is 10.7. The molecule has 2 unspecified atom stereocenters. The van der Waals surface area contributed by atoms with E-state index in [0.29, 0.717) is 0 Å². The summed E-state index contributed by atoms with van der Waals surface area (Å²) in [5.41, 5.74) is 2.85. The molecule has 110 valence electrons. The molecule has 2 aromatic carbocycles. The minimum atomic E-state index is -0.102. The van der Waals surface area contributed by atoms with Gasteiger partial charge in [-0.2, -0.15) is 0 Å². The SMILES string of the molecule is CC1c2c(c3ccccc3n(C)c2=O)OC1c1ccccc1. The lowest BCUT2D eigenvalue weighted by atomic mass is 9.93. The van der Waals surface area contributed by atoms with Crippen LogP contribution < -0.4 is 10.3 Å². The van der Waals surface area contributed by atoms with E-state index < -0.39 is 0 Å². The zero-order valence-corrected chi connectivity index (χ0v) is 12.6. The van der Waals surface area contributed by atoms with Crippen LogP contribution in [0.4, 0.5) is 0 Å². The molecule has 4 rings (SSSR count). The van der Waals surface area contributed by atoms with Gasteiger partial charge in [0.05, 0.1) is 11.1 Å². The van der Waals surface area contributed by atoms with E-state index in [0.717, 1.165) is 27.8 Å². The van der Waals surface area contributed by atoms with Gasteiger partial charge >= 0.3 is 0 Å². The molecule has 0 saturated heterocycles. The van der Waals surface area contributed by atoms with E-state index in [1.807, 2.05) is 49.5 Å². The van der Waals surface area contributed by atoms with Gasteiger partial charge in [-0.25, -0.2) is 0 Å². The summed E-state index contributed by atoms with van der Waals surface area (Å²) in [5.74, 6) is 0.792. The van der Waals surface area contributed by atoms with E-state index in [1.54, 1.807) is 4.57 Å². The quantitative estimate of drug-likeness (QED) is 0.683. The fourth-order valence-corrected chi connectivity index (χ4v) is 3.40. The molecule has 0 amide bonds. The number of aryl methyl sites for hydroxylation is 1. The second-order valence-electron chi connectivity index (χ2n) is 5.86. The first-order valence-electron chi connectivity index (χ1n) is 7.51. The highest BCUT2D eigenvalue weighted by Gasteiger charge is 2.36. The molecule has 3 heteroatoms. The van der Waals surface area contributed by atoms with Crippen LogP contribution in [0.1, 0.15) is 30.1 Å². The maximum absolute atomic E-state index is 12.7. The summed E-state index contributed by atoms with van der Waals surface area (Å²) in [6.45, 7) is 2.07. The molecule has 1 aromatic heterocycles. The average Bonchev–Trinajstić information content (AvgIpc) is 2.91. The number of rotatable bonds is 1. The number of pyridine rings is 1. The highest BCUT2D eigenvalue weighted by molar-refractivity contribution is 5.87. The molecule has 22 heavy (non-hydrogen) atoms. The van der Waals surface area contributed by atoms with E-state index >= 15 is 0 Å². The Morgan fingerprint density at radius 2 is 1.68 bits per heavy atom. The largest absolute Gasteiger partial charge is 0.484 e. The summed E-state index contributed by atoms with van der Waals surface area (Å²) in [6.07, 6.45) is -0.102. The van der Waals surface area contributed by atoms with Crippen LogP contribution in [0.15, 0.2) is 59.4 Å². The molecule has 0 bridgehead atoms. The van der Waals surface area contributed by atoms with Crippen LogP contribution in [-0.4, -0.2) is 4.57 Å². The third-order valence-corrected chi connectivity index (χ3v) is 4.57. The molecule has 0 N–H and O–H groups in total. The smallest absolute Gasteiger partial charge is 0.258 e. The molecule has 3 nitrogen and oxygen atoms in total.